The molecule has 0 aliphatic heterocycles. The highest BCUT2D eigenvalue weighted by molar-refractivity contribution is 6.34. The molecule has 4 aromatic rings. The third kappa shape index (κ3) is 3.55. The predicted octanol–water partition coefficient (Wildman–Crippen LogP) is 3.99. The number of rotatable bonds is 3. The normalized spacial score (nSPS) is 10.9. The number of ether oxygens (including phenoxy) is 1. The van der Waals surface area contributed by atoms with Crippen LogP contribution in [0.15, 0.2) is 58.6 Å². The molecule has 29 heavy (non-hydrogen) atoms. The molecule has 146 valence electrons. The number of carbonyl (C=O) groups excluding carboxylic acids is 1. The van der Waals surface area contributed by atoms with Crippen LogP contribution < -0.4 is 10.1 Å². The van der Waals surface area contributed by atoms with Gasteiger partial charge in [-0.25, -0.2) is 9.98 Å². The highest BCUT2D eigenvalue weighted by atomic mass is 35.5. The van der Waals surface area contributed by atoms with E-state index in [1.165, 1.54) is 13.3 Å². The van der Waals surface area contributed by atoms with Crippen molar-refractivity contribution in [2.24, 2.45) is 4.99 Å². The van der Waals surface area contributed by atoms with Gasteiger partial charge in [-0.3, -0.25) is 9.78 Å². The standard InChI is InChI=1S/C19H12Cl2N4O4/c1-28-15-7-23-16(19(26)24-17-12(20)8-25(27)9-13(17)21)11-5-14(29-18(11)15)10-3-2-4-22-6-10/h2-9,27H,1H3. The number of aromatic nitrogens is 3. The predicted molar refractivity (Wildman–Crippen MR) is 105 cm³/mol. The van der Waals surface area contributed by atoms with Crippen LogP contribution in [0.25, 0.3) is 22.3 Å². The Morgan fingerprint density at radius 1 is 1.28 bits per heavy atom. The molecule has 0 atom stereocenters. The Kier molecular flexibility index (Phi) is 4.96. The minimum Gasteiger partial charge on any atom is -0.491 e. The first kappa shape index (κ1) is 19.0. The van der Waals surface area contributed by atoms with Crippen molar-refractivity contribution in [2.75, 3.05) is 7.11 Å². The second kappa shape index (κ2) is 7.57. The Bertz CT molecular complexity index is 1270. The van der Waals surface area contributed by atoms with Crippen LogP contribution in [0, 0.1) is 0 Å². The molecule has 0 saturated heterocycles. The van der Waals surface area contributed by atoms with Gasteiger partial charge in [0.05, 0.1) is 41.1 Å². The van der Waals surface area contributed by atoms with Crippen LogP contribution in [0.4, 0.5) is 0 Å². The molecule has 0 unspecified atom stereocenters. The van der Waals surface area contributed by atoms with Gasteiger partial charge in [0.15, 0.2) is 11.3 Å². The van der Waals surface area contributed by atoms with E-state index in [2.05, 4.69) is 15.0 Å². The maximum Gasteiger partial charge on any atom is 0.296 e. The van der Waals surface area contributed by atoms with Gasteiger partial charge in [-0.1, -0.05) is 23.2 Å². The van der Waals surface area contributed by atoms with Gasteiger partial charge in [0.2, 0.25) is 0 Å². The average Bonchev–Trinajstić information content (AvgIpc) is 3.16. The van der Waals surface area contributed by atoms with E-state index in [1.54, 1.807) is 24.5 Å². The first-order valence-corrected chi connectivity index (χ1v) is 8.96. The fourth-order valence-corrected chi connectivity index (χ4v) is 3.27. The van der Waals surface area contributed by atoms with Crippen molar-refractivity contribution >= 4 is 40.1 Å². The Balaban J connectivity index is 1.89. The summed E-state index contributed by atoms with van der Waals surface area (Å²) >= 11 is 12.1. The lowest BCUT2D eigenvalue weighted by atomic mass is 10.1. The van der Waals surface area contributed by atoms with Crippen molar-refractivity contribution in [3.05, 3.63) is 70.3 Å². The monoisotopic (exact) mass is 430 g/mol. The lowest BCUT2D eigenvalue weighted by Crippen LogP contribution is -2.13. The molecule has 0 radical (unpaired) electrons. The zero-order chi connectivity index (χ0) is 20.5. The number of carbonyl (C=O) groups is 1. The minimum absolute atomic E-state index is 0.00125. The molecule has 4 heterocycles. The lowest BCUT2D eigenvalue weighted by Gasteiger charge is -2.03. The molecule has 4 rings (SSSR count). The number of hydrogen-bond donors (Lipinski definition) is 1. The van der Waals surface area contributed by atoms with Gasteiger partial charge < -0.3 is 14.4 Å². The summed E-state index contributed by atoms with van der Waals surface area (Å²) in [6.07, 6.45) is 6.98. The second-order valence-electron chi connectivity index (χ2n) is 5.87. The summed E-state index contributed by atoms with van der Waals surface area (Å²) in [5.41, 5.74) is 1.11. The van der Waals surface area contributed by atoms with Gasteiger partial charge in [0.25, 0.3) is 5.91 Å². The van der Waals surface area contributed by atoms with Crippen LogP contribution in [-0.2, 0) is 0 Å². The van der Waals surface area contributed by atoms with Crippen molar-refractivity contribution in [3.63, 3.8) is 0 Å². The molecule has 0 spiro atoms. The van der Waals surface area contributed by atoms with Crippen LogP contribution >= 0.6 is 23.2 Å². The van der Waals surface area contributed by atoms with E-state index in [0.717, 1.165) is 18.0 Å². The van der Waals surface area contributed by atoms with E-state index >= 15 is 0 Å². The van der Waals surface area contributed by atoms with E-state index in [1.807, 2.05) is 6.07 Å². The Morgan fingerprint density at radius 3 is 2.69 bits per heavy atom. The summed E-state index contributed by atoms with van der Waals surface area (Å²) in [5.74, 6) is 0.171. The number of halogens is 2. The van der Waals surface area contributed by atoms with Crippen molar-refractivity contribution in [2.45, 2.75) is 0 Å². The van der Waals surface area contributed by atoms with Gasteiger partial charge in [0.1, 0.15) is 16.8 Å². The van der Waals surface area contributed by atoms with E-state index < -0.39 is 5.91 Å². The number of hydrogen-bond acceptors (Lipinski definition) is 6. The van der Waals surface area contributed by atoms with Crippen LogP contribution in [0.5, 0.6) is 5.75 Å². The van der Waals surface area contributed by atoms with Gasteiger partial charge >= 0.3 is 0 Å². The molecule has 0 saturated carbocycles. The summed E-state index contributed by atoms with van der Waals surface area (Å²) in [6.45, 7) is 0. The molecule has 8 nitrogen and oxygen atoms in total. The van der Waals surface area contributed by atoms with E-state index in [-0.39, 0.29) is 21.1 Å². The van der Waals surface area contributed by atoms with Crippen molar-refractivity contribution < 1.29 is 19.2 Å². The molecule has 0 bridgehead atoms. The van der Waals surface area contributed by atoms with Crippen LogP contribution in [0.3, 0.4) is 0 Å². The molecule has 1 N–H and O–H groups in total. The van der Waals surface area contributed by atoms with E-state index in [9.17, 15) is 10.0 Å². The third-order valence-electron chi connectivity index (χ3n) is 4.05. The van der Waals surface area contributed by atoms with Gasteiger partial charge in [-0.15, -0.1) is 0 Å². The minimum atomic E-state index is -0.685. The Hall–Kier alpha value is -3.36. The molecule has 1 amide bonds. The zero-order valence-electron chi connectivity index (χ0n) is 14.8. The lowest BCUT2D eigenvalue weighted by molar-refractivity contribution is 0.0995. The Labute approximate surface area is 173 Å². The quantitative estimate of drug-likeness (QED) is 0.493. The summed E-state index contributed by atoms with van der Waals surface area (Å²) in [4.78, 5) is 25.1. The molecular formula is C19H12Cl2N4O4. The number of amides is 1. The number of fused-ring (bicyclic) bond motifs is 1. The third-order valence-corrected chi connectivity index (χ3v) is 4.60. The van der Waals surface area contributed by atoms with E-state index in [4.69, 9.17) is 32.4 Å². The largest absolute Gasteiger partial charge is 0.491 e. The summed E-state index contributed by atoms with van der Waals surface area (Å²) in [5, 5.41) is 9.89. The summed E-state index contributed by atoms with van der Waals surface area (Å²) in [6, 6.07) is 5.26. The van der Waals surface area contributed by atoms with Gasteiger partial charge in [-0.2, -0.15) is 4.73 Å². The topological polar surface area (TPSA) is 103 Å². The second-order valence-corrected chi connectivity index (χ2v) is 6.68. The fraction of sp³-hybridized carbons (Fsp3) is 0.0526. The van der Waals surface area contributed by atoms with Crippen LogP contribution in [0.1, 0.15) is 10.5 Å². The fourth-order valence-electron chi connectivity index (χ4n) is 2.74. The molecule has 0 aliphatic carbocycles. The van der Waals surface area contributed by atoms with Gasteiger partial charge in [0, 0.05) is 18.0 Å². The maximum atomic E-state index is 12.9. The summed E-state index contributed by atoms with van der Waals surface area (Å²) < 4.78 is 11.9. The number of methoxy groups -OCH3 is 1. The average molecular weight is 431 g/mol. The highest BCUT2D eigenvalue weighted by Crippen LogP contribution is 2.34. The molecule has 10 heteroatoms. The molecule has 0 aliphatic rings. The van der Waals surface area contributed by atoms with Crippen molar-refractivity contribution in [1.29, 1.82) is 0 Å². The van der Waals surface area contributed by atoms with Crippen LogP contribution in [-0.4, -0.2) is 32.9 Å². The number of pyridine rings is 3. The van der Waals surface area contributed by atoms with Crippen molar-refractivity contribution in [1.82, 2.24) is 14.7 Å². The maximum absolute atomic E-state index is 12.9. The molecule has 4 aromatic heterocycles. The zero-order valence-corrected chi connectivity index (χ0v) is 16.3. The van der Waals surface area contributed by atoms with Gasteiger partial charge in [-0.05, 0) is 18.2 Å². The number of nitrogens with zero attached hydrogens (tertiary/aromatic N) is 4. The molecular weight excluding hydrogens is 419 g/mol. The number of furan rings is 1. The van der Waals surface area contributed by atoms with E-state index in [0.29, 0.717) is 27.2 Å². The first-order valence-electron chi connectivity index (χ1n) is 8.20. The molecule has 0 fully saturated rings. The Morgan fingerprint density at radius 2 is 2.03 bits per heavy atom. The smallest absolute Gasteiger partial charge is 0.296 e. The summed E-state index contributed by atoms with van der Waals surface area (Å²) in [7, 11) is 1.47. The highest BCUT2D eigenvalue weighted by Gasteiger charge is 2.20. The van der Waals surface area contributed by atoms with Crippen molar-refractivity contribution in [3.8, 4) is 17.1 Å². The SMILES string of the molecule is COc1cnc(C(=O)N=c2c(Cl)cn(O)cc2Cl)c2cc(-c3cccnc3)oc12. The molecule has 0 aromatic carbocycles. The first-order chi connectivity index (χ1) is 14.0. The van der Waals surface area contributed by atoms with Crippen LogP contribution in [0.2, 0.25) is 10.0 Å².